The molecule has 1 unspecified atom stereocenters. The van der Waals surface area contributed by atoms with Crippen LogP contribution in [0.4, 0.5) is 0 Å². The Hall–Kier alpha value is 1.61. The van der Waals surface area contributed by atoms with Crippen LogP contribution in [0.5, 0.6) is 0 Å². The molecule has 0 bridgehead atoms. The van der Waals surface area contributed by atoms with Crippen LogP contribution in [0.2, 0.25) is 0 Å². The molecule has 0 fully saturated rings. The second kappa shape index (κ2) is 11.7. The fourth-order valence-corrected chi connectivity index (χ4v) is 0.774. The molecule has 0 aliphatic rings. The normalized spacial score (nSPS) is 12.1. The van der Waals surface area contributed by atoms with Gasteiger partial charge in [0.05, 0.1) is 5.75 Å². The zero-order valence-corrected chi connectivity index (χ0v) is 12.9. The van der Waals surface area contributed by atoms with E-state index in [1.165, 1.54) is 0 Å². The van der Waals surface area contributed by atoms with Crippen molar-refractivity contribution in [3.05, 3.63) is 0 Å². The Kier molecular flexibility index (Phi) is 18.0. The van der Waals surface area contributed by atoms with Gasteiger partial charge in [0.15, 0.2) is 0 Å². The van der Waals surface area contributed by atoms with E-state index in [4.69, 9.17) is 4.55 Å². The van der Waals surface area contributed by atoms with Gasteiger partial charge in [0.25, 0.3) is 10.1 Å². The van der Waals surface area contributed by atoms with Gasteiger partial charge in [-0.25, -0.2) is 0 Å². The van der Waals surface area contributed by atoms with Gasteiger partial charge in [-0.15, -0.1) is 0 Å². The summed E-state index contributed by atoms with van der Waals surface area (Å²) in [6, 6.07) is 0. The summed E-state index contributed by atoms with van der Waals surface area (Å²) in [6.07, 6.45) is 0.471. The van der Waals surface area contributed by atoms with Crippen molar-refractivity contribution in [1.29, 1.82) is 0 Å². The molecule has 0 aromatic carbocycles. The van der Waals surface area contributed by atoms with Crippen molar-refractivity contribution < 1.29 is 13.0 Å². The Morgan fingerprint density at radius 3 is 1.77 bits per heavy atom. The maximum atomic E-state index is 9.79. The molecule has 13 heavy (non-hydrogen) atoms. The Morgan fingerprint density at radius 1 is 1.46 bits per heavy atom. The van der Waals surface area contributed by atoms with Gasteiger partial charge < -0.3 is 0 Å². The minimum atomic E-state index is -3.67. The van der Waals surface area contributed by atoms with E-state index in [-0.39, 0.29) is 35.3 Å². The van der Waals surface area contributed by atoms with Crippen molar-refractivity contribution in [2.45, 2.75) is 25.5 Å². The fraction of sp³-hybridized carbons (Fsp3) is 1.00. The quantitative estimate of drug-likeness (QED) is 0.403. The van der Waals surface area contributed by atoms with Crippen molar-refractivity contribution in [3.8, 4) is 0 Å². The average Bonchev–Trinajstić information content (AvgIpc) is 1.86. The Bertz CT molecular complexity index is 180. The zero-order valence-electron chi connectivity index (χ0n) is 8.27. The van der Waals surface area contributed by atoms with E-state index in [9.17, 15) is 8.42 Å². The molecule has 1 atom stereocenters. The summed E-state index contributed by atoms with van der Waals surface area (Å²) < 4.78 is 27.6. The van der Waals surface area contributed by atoms with Crippen molar-refractivity contribution in [3.63, 3.8) is 0 Å². The summed E-state index contributed by atoms with van der Waals surface area (Å²) in [5, 5.41) is 0.443. The van der Waals surface area contributed by atoms with Crippen LogP contribution < -0.4 is 0 Å². The van der Waals surface area contributed by atoms with Crippen LogP contribution in [-0.4, -0.2) is 59.3 Å². The van der Waals surface area contributed by atoms with Crippen LogP contribution in [0.1, 0.15) is 20.3 Å². The van der Waals surface area contributed by atoms with E-state index < -0.39 is 10.1 Å². The first-order valence-electron chi connectivity index (χ1n) is 3.57. The monoisotopic (exact) mass is 255 g/mol. The van der Waals surface area contributed by atoms with E-state index in [2.05, 4.69) is 25.3 Å². The first kappa shape index (κ1) is 20.1. The van der Waals surface area contributed by atoms with Crippen LogP contribution in [0, 0.1) is 0 Å². The smallest absolute Gasteiger partial charge is 0.264 e. The minimum absolute atomic E-state index is 0. The van der Waals surface area contributed by atoms with Gasteiger partial charge in [-0.05, 0) is 6.42 Å². The predicted molar refractivity (Wildman–Crippen MR) is 64.8 cm³/mol. The molecule has 0 aromatic heterocycles. The molecule has 0 rings (SSSR count). The molecule has 0 heterocycles. The summed E-state index contributed by atoms with van der Waals surface area (Å²) in [5.41, 5.74) is 0. The third kappa shape index (κ3) is 31.7. The average molecular weight is 255 g/mol. The summed E-state index contributed by atoms with van der Waals surface area (Å²) in [7, 11) is -3.67. The summed E-state index contributed by atoms with van der Waals surface area (Å²) in [4.78, 5) is 0. The Morgan fingerprint density at radius 2 is 1.77 bits per heavy atom. The summed E-state index contributed by atoms with van der Waals surface area (Å²) >= 11 is 7.96. The third-order valence-corrected chi connectivity index (χ3v) is 2.67. The van der Waals surface area contributed by atoms with E-state index in [0.717, 1.165) is 5.75 Å². The Balaban J connectivity index is -0.000000150. The van der Waals surface area contributed by atoms with E-state index in [1.807, 2.05) is 6.92 Å². The minimum Gasteiger partial charge on any atom is -0.286 e. The molecule has 0 saturated carbocycles. The maximum absolute atomic E-state index is 9.79. The van der Waals surface area contributed by atoms with Crippen molar-refractivity contribution in [2.75, 3.05) is 11.5 Å². The van der Waals surface area contributed by atoms with Crippen LogP contribution >= 0.6 is 25.3 Å². The standard InChI is InChI=1S/C3H8O3S.C3H8S2.Na/c1-2-3-7(4,5)6;1-3(5)2-4;/h2-3H2,1H3,(H,4,5,6);3-5H,2H2,1H3;. The van der Waals surface area contributed by atoms with Gasteiger partial charge in [-0.2, -0.15) is 33.7 Å². The molecule has 0 aliphatic carbocycles. The molecular formula is C6H16NaO3S3. The molecule has 0 saturated heterocycles. The topological polar surface area (TPSA) is 54.4 Å². The van der Waals surface area contributed by atoms with Gasteiger partial charge in [0.1, 0.15) is 0 Å². The molecule has 0 aliphatic heterocycles. The van der Waals surface area contributed by atoms with Crippen LogP contribution in [-0.2, 0) is 10.1 Å². The number of thiol groups is 2. The molecule has 0 amide bonds. The molecule has 1 radical (unpaired) electrons. The second-order valence-corrected chi connectivity index (χ2v) is 5.14. The molecule has 77 valence electrons. The van der Waals surface area contributed by atoms with Crippen LogP contribution in [0.25, 0.3) is 0 Å². The van der Waals surface area contributed by atoms with Gasteiger partial charge in [-0.3, -0.25) is 4.55 Å². The molecule has 3 nitrogen and oxygen atoms in total. The van der Waals surface area contributed by atoms with Gasteiger partial charge >= 0.3 is 0 Å². The van der Waals surface area contributed by atoms with Crippen LogP contribution in [0.3, 0.4) is 0 Å². The van der Waals surface area contributed by atoms with Crippen molar-refractivity contribution in [1.82, 2.24) is 0 Å². The second-order valence-electron chi connectivity index (χ2n) is 2.32. The first-order valence-corrected chi connectivity index (χ1v) is 6.33. The fourth-order valence-electron chi connectivity index (χ4n) is 0.258. The van der Waals surface area contributed by atoms with Crippen LogP contribution in [0.15, 0.2) is 0 Å². The zero-order chi connectivity index (χ0) is 10.2. The number of rotatable bonds is 3. The predicted octanol–water partition coefficient (Wildman–Crippen LogP) is 1.14. The molecule has 7 heteroatoms. The molecule has 0 spiro atoms. The van der Waals surface area contributed by atoms with E-state index in [1.54, 1.807) is 6.92 Å². The van der Waals surface area contributed by atoms with Crippen molar-refractivity contribution in [2.24, 2.45) is 0 Å². The largest absolute Gasteiger partial charge is 0.286 e. The maximum Gasteiger partial charge on any atom is 0.264 e. The van der Waals surface area contributed by atoms with Gasteiger partial charge in [-0.1, -0.05) is 13.8 Å². The summed E-state index contributed by atoms with van der Waals surface area (Å²) in [5.74, 6) is 0.732. The van der Waals surface area contributed by atoms with Crippen molar-refractivity contribution >= 4 is 64.9 Å². The third-order valence-electron chi connectivity index (χ3n) is 0.726. The van der Waals surface area contributed by atoms with Gasteiger partial charge in [0, 0.05) is 40.6 Å². The Labute approximate surface area is 114 Å². The van der Waals surface area contributed by atoms with Gasteiger partial charge in [0.2, 0.25) is 0 Å². The van der Waals surface area contributed by atoms with E-state index in [0.29, 0.717) is 11.7 Å². The van der Waals surface area contributed by atoms with E-state index >= 15 is 0 Å². The molecule has 0 aromatic rings. The first-order chi connectivity index (χ1) is 5.33. The number of hydrogen-bond donors (Lipinski definition) is 3. The number of hydrogen-bond acceptors (Lipinski definition) is 4. The summed E-state index contributed by atoms with van der Waals surface area (Å²) in [6.45, 7) is 3.70. The molecular weight excluding hydrogens is 239 g/mol. The molecule has 1 N–H and O–H groups in total. The SMILES string of the molecule is CC(S)CS.CCCS(=O)(=O)O.[Na].